The molecule has 0 radical (unpaired) electrons. The van der Waals surface area contributed by atoms with Gasteiger partial charge in [-0.05, 0) is 48.4 Å². The first-order valence-electron chi connectivity index (χ1n) is 11.9. The number of imidazole rings is 1. The highest BCUT2D eigenvalue weighted by atomic mass is 19.1. The zero-order chi connectivity index (χ0) is 24.1. The van der Waals surface area contributed by atoms with Crippen molar-refractivity contribution in [3.05, 3.63) is 70.7 Å². The Labute approximate surface area is 201 Å². The lowest BCUT2D eigenvalue weighted by Crippen LogP contribution is -2.41. The zero-order valence-corrected chi connectivity index (χ0v) is 19.5. The third-order valence-electron chi connectivity index (χ3n) is 6.99. The van der Waals surface area contributed by atoms with Crippen LogP contribution in [0, 0.1) is 12.8 Å². The van der Waals surface area contributed by atoms with Gasteiger partial charge in [-0.25, -0.2) is 14.1 Å². The van der Waals surface area contributed by atoms with Crippen LogP contribution in [0.3, 0.4) is 0 Å². The lowest BCUT2D eigenvalue weighted by Gasteiger charge is -2.31. The number of aromatic nitrogens is 4. The van der Waals surface area contributed by atoms with Gasteiger partial charge in [0.1, 0.15) is 17.8 Å². The molecule has 3 aliphatic rings. The van der Waals surface area contributed by atoms with Crippen LogP contribution in [0.25, 0.3) is 16.7 Å². The molecule has 0 spiro atoms. The number of H-pyrrole nitrogens is 1. The van der Waals surface area contributed by atoms with Gasteiger partial charge in [0.25, 0.3) is 0 Å². The second-order valence-corrected chi connectivity index (χ2v) is 9.39. The third-order valence-corrected chi connectivity index (χ3v) is 6.99. The Bertz CT molecular complexity index is 1410. The minimum Gasteiger partial charge on any atom is -0.383 e. The molecule has 0 saturated carbocycles. The molecule has 2 aromatic heterocycles. The number of alkyl halides is 1. The molecular formula is C26H27FN6O2. The van der Waals surface area contributed by atoms with Gasteiger partial charge < -0.3 is 15.5 Å². The quantitative estimate of drug-likeness (QED) is 0.550. The van der Waals surface area contributed by atoms with Crippen molar-refractivity contribution < 1.29 is 13.9 Å². The minimum atomic E-state index is -1.07. The van der Waals surface area contributed by atoms with Crippen molar-refractivity contribution in [1.29, 1.82) is 0 Å². The summed E-state index contributed by atoms with van der Waals surface area (Å²) >= 11 is 0. The maximum atomic E-state index is 14.9. The highest BCUT2D eigenvalue weighted by Gasteiger charge is 2.32. The number of halogens is 1. The van der Waals surface area contributed by atoms with Crippen molar-refractivity contribution in [2.75, 3.05) is 38.6 Å². The Morgan fingerprint density at radius 2 is 2.11 bits per heavy atom. The summed E-state index contributed by atoms with van der Waals surface area (Å²) in [7, 11) is 0. The number of anilines is 1. The van der Waals surface area contributed by atoms with Crippen molar-refractivity contribution >= 4 is 22.6 Å². The summed E-state index contributed by atoms with van der Waals surface area (Å²) in [6.07, 6.45) is 6.35. The Morgan fingerprint density at radius 1 is 1.29 bits per heavy atom. The largest absolute Gasteiger partial charge is 0.383 e. The first-order chi connectivity index (χ1) is 17.0. The number of nitrogens with one attached hydrogen (secondary N) is 1. The van der Waals surface area contributed by atoms with Crippen molar-refractivity contribution in [2.45, 2.75) is 19.5 Å². The lowest BCUT2D eigenvalue weighted by atomic mass is 9.89. The average Bonchev–Trinajstić information content (AvgIpc) is 3.54. The number of aromatic amines is 1. The van der Waals surface area contributed by atoms with E-state index < -0.39 is 6.17 Å². The summed E-state index contributed by atoms with van der Waals surface area (Å²) in [6, 6.07) is 5.66. The molecule has 9 heteroatoms. The molecule has 1 saturated heterocycles. The summed E-state index contributed by atoms with van der Waals surface area (Å²) in [5.74, 6) is 0.701. The number of nitrogens with two attached hydrogens (primary N) is 1. The Morgan fingerprint density at radius 3 is 2.94 bits per heavy atom. The van der Waals surface area contributed by atoms with E-state index in [0.717, 1.165) is 46.8 Å². The topological polar surface area (TPSA) is 102 Å². The molecule has 1 fully saturated rings. The molecule has 1 aromatic carbocycles. The lowest BCUT2D eigenvalue weighted by molar-refractivity contribution is 0.0296. The zero-order valence-electron chi connectivity index (χ0n) is 19.5. The van der Waals surface area contributed by atoms with Gasteiger partial charge in [-0.1, -0.05) is 6.08 Å². The van der Waals surface area contributed by atoms with Gasteiger partial charge in [-0.15, -0.1) is 0 Å². The number of Topliss-reactive ketones (excluding diaryl/α,β-unsaturated/α-hetero) is 1. The van der Waals surface area contributed by atoms with E-state index in [4.69, 9.17) is 10.5 Å². The second kappa shape index (κ2) is 8.58. The van der Waals surface area contributed by atoms with Crippen LogP contribution in [0.1, 0.15) is 22.6 Å². The molecule has 2 atom stereocenters. The second-order valence-electron chi connectivity index (χ2n) is 9.39. The van der Waals surface area contributed by atoms with Crippen LogP contribution in [0.2, 0.25) is 0 Å². The number of rotatable bonds is 5. The number of benzene rings is 1. The maximum absolute atomic E-state index is 14.9. The molecule has 8 nitrogen and oxygen atoms in total. The number of ether oxygens (including phenoxy) is 1. The Balaban J connectivity index is 1.22. The first-order valence-corrected chi connectivity index (χ1v) is 11.9. The fourth-order valence-electron chi connectivity index (χ4n) is 5.14. The normalized spacial score (nSPS) is 22.6. The number of nitrogen functional groups attached to an aromatic ring is 1. The molecule has 180 valence electrons. The van der Waals surface area contributed by atoms with E-state index in [1.54, 1.807) is 16.8 Å². The maximum Gasteiger partial charge on any atom is 0.194 e. The van der Waals surface area contributed by atoms with Crippen LogP contribution >= 0.6 is 0 Å². The van der Waals surface area contributed by atoms with Crippen LogP contribution in [-0.4, -0.2) is 69.5 Å². The fraction of sp³-hybridized carbons (Fsp3) is 0.346. The molecular weight excluding hydrogens is 447 g/mol. The number of nitrogens with zero attached hydrogens (tertiary/aromatic N) is 4. The molecule has 2 unspecified atom stereocenters. The fourth-order valence-corrected chi connectivity index (χ4v) is 5.14. The number of allylic oxidation sites excluding steroid dienone is 5. The first kappa shape index (κ1) is 21.9. The molecule has 0 bridgehead atoms. The predicted octanol–water partition coefficient (Wildman–Crippen LogP) is 3.30. The van der Waals surface area contributed by atoms with Crippen molar-refractivity contribution in [3.63, 3.8) is 0 Å². The number of hydrogen-bond acceptors (Lipinski definition) is 6. The van der Waals surface area contributed by atoms with E-state index in [0.29, 0.717) is 37.3 Å². The molecule has 6 rings (SSSR count). The van der Waals surface area contributed by atoms with Gasteiger partial charge >= 0.3 is 0 Å². The van der Waals surface area contributed by atoms with Crippen LogP contribution in [0.4, 0.5) is 10.2 Å². The number of aryl methyl sites for hydroxylation is 1. The van der Waals surface area contributed by atoms with E-state index in [9.17, 15) is 9.18 Å². The van der Waals surface area contributed by atoms with E-state index in [-0.39, 0.29) is 17.5 Å². The van der Waals surface area contributed by atoms with Crippen LogP contribution in [0.5, 0.6) is 0 Å². The van der Waals surface area contributed by atoms with E-state index in [2.05, 4.69) is 20.0 Å². The van der Waals surface area contributed by atoms with E-state index >= 15 is 0 Å². The summed E-state index contributed by atoms with van der Waals surface area (Å²) in [5, 5.41) is 4.38. The highest BCUT2D eigenvalue weighted by molar-refractivity contribution is 6.12. The summed E-state index contributed by atoms with van der Waals surface area (Å²) < 4.78 is 21.9. The van der Waals surface area contributed by atoms with Crippen LogP contribution < -0.4 is 5.73 Å². The molecule has 35 heavy (non-hydrogen) atoms. The summed E-state index contributed by atoms with van der Waals surface area (Å²) in [6.45, 7) is 5.56. The van der Waals surface area contributed by atoms with Crippen molar-refractivity contribution in [2.24, 2.45) is 5.92 Å². The van der Waals surface area contributed by atoms with Gasteiger partial charge in [0.15, 0.2) is 5.78 Å². The number of ketones is 1. The minimum absolute atomic E-state index is 0.177. The number of fused-ring (bicyclic) bond motifs is 2. The number of carbonyl (C=O) groups excluding carboxylic acids is 1. The molecule has 0 amide bonds. The summed E-state index contributed by atoms with van der Waals surface area (Å²) in [4.78, 5) is 23.2. The number of hydrogen-bond donors (Lipinski definition) is 2. The number of morpholine rings is 1. The highest BCUT2D eigenvalue weighted by Crippen LogP contribution is 2.38. The van der Waals surface area contributed by atoms with Gasteiger partial charge in [-0.3, -0.25) is 9.69 Å². The monoisotopic (exact) mass is 474 g/mol. The third kappa shape index (κ3) is 4.00. The number of carbonyl (C=O) groups is 1. The Kier molecular flexibility index (Phi) is 5.38. The van der Waals surface area contributed by atoms with E-state index in [1.807, 2.05) is 31.2 Å². The van der Waals surface area contributed by atoms with Crippen molar-refractivity contribution in [1.82, 2.24) is 24.6 Å². The van der Waals surface area contributed by atoms with Gasteiger partial charge in [-0.2, -0.15) is 5.10 Å². The average molecular weight is 475 g/mol. The van der Waals surface area contributed by atoms with Crippen molar-refractivity contribution in [3.8, 4) is 5.69 Å². The van der Waals surface area contributed by atoms with Crippen LogP contribution in [-0.2, 0) is 4.74 Å². The summed E-state index contributed by atoms with van der Waals surface area (Å²) in [5.41, 5.74) is 11.6. The standard InChI is InChI=1S/C26H27FN6O2/c1-15-30-23-3-2-20(12-24(23)31-15)33-26(28)21(13-29-33)25(34)18-8-16-10-19(22(27)11-17(16)9-18)14-32-4-6-35-7-5-32/h2-3,9-13,19,22H,4-8,14,28H2,1H3,(H,30,31). The van der Waals surface area contributed by atoms with Gasteiger partial charge in [0.2, 0.25) is 0 Å². The molecule has 1 aliphatic heterocycles. The predicted molar refractivity (Wildman–Crippen MR) is 131 cm³/mol. The van der Waals surface area contributed by atoms with E-state index in [1.165, 1.54) is 6.20 Å². The molecule has 3 aromatic rings. The smallest absolute Gasteiger partial charge is 0.194 e. The Hall–Kier alpha value is -3.56. The SMILES string of the molecule is Cc1nc2ccc(-n3ncc(C(=O)C4=CC5=CC(F)C(CN6CCOCC6)C=C5C4)c3N)cc2[nH]1. The van der Waals surface area contributed by atoms with Crippen LogP contribution in [0.15, 0.2) is 59.3 Å². The van der Waals surface area contributed by atoms with Gasteiger partial charge in [0.05, 0.1) is 41.7 Å². The molecule has 3 heterocycles. The molecule has 3 N–H and O–H groups in total. The molecule has 2 aliphatic carbocycles. The van der Waals surface area contributed by atoms with Gasteiger partial charge in [0, 0.05) is 37.5 Å².